The van der Waals surface area contributed by atoms with Crippen molar-refractivity contribution >= 4 is 28.9 Å². The van der Waals surface area contributed by atoms with Gasteiger partial charge < -0.3 is 14.6 Å². The van der Waals surface area contributed by atoms with Crippen LogP contribution < -0.4 is 14.8 Å². The number of fused-ring (bicyclic) bond motifs is 1. The zero-order valence-electron chi connectivity index (χ0n) is 15.6. The van der Waals surface area contributed by atoms with Gasteiger partial charge in [-0.05, 0) is 36.2 Å². The van der Waals surface area contributed by atoms with E-state index in [4.69, 9.17) is 9.47 Å². The fourth-order valence-electron chi connectivity index (χ4n) is 3.50. The van der Waals surface area contributed by atoms with Crippen LogP contribution >= 0.6 is 11.8 Å². The molecule has 2 atom stereocenters. The van der Waals surface area contributed by atoms with Crippen molar-refractivity contribution in [1.29, 1.82) is 0 Å². The van der Waals surface area contributed by atoms with E-state index in [1.54, 1.807) is 6.07 Å². The van der Waals surface area contributed by atoms with Crippen LogP contribution in [-0.2, 0) is 11.0 Å². The molecule has 0 radical (unpaired) electrons. The highest BCUT2D eigenvalue weighted by Crippen LogP contribution is 2.44. The van der Waals surface area contributed by atoms with Gasteiger partial charge in [-0.2, -0.15) is 13.2 Å². The molecule has 2 N–H and O–H groups in total. The zero-order chi connectivity index (χ0) is 22.3. The van der Waals surface area contributed by atoms with Crippen LogP contribution in [0, 0.1) is 0 Å². The second-order valence-corrected chi connectivity index (χ2v) is 7.99. The Labute approximate surface area is 177 Å². The first-order chi connectivity index (χ1) is 14.6. The maximum Gasteiger partial charge on any atom is 0.416 e. The smallest absolute Gasteiger partial charge is 0.416 e. The molecular formula is C20H14F3NO6S. The number of rotatable bonds is 4. The summed E-state index contributed by atoms with van der Waals surface area (Å²) in [6.45, 7) is 0.292. The summed E-state index contributed by atoms with van der Waals surface area (Å²) in [6, 6.07) is 6.80. The van der Waals surface area contributed by atoms with Gasteiger partial charge >= 0.3 is 12.1 Å². The van der Waals surface area contributed by atoms with Crippen molar-refractivity contribution in [2.24, 2.45) is 0 Å². The van der Waals surface area contributed by atoms with Crippen LogP contribution in [0.25, 0.3) is 0 Å². The van der Waals surface area contributed by atoms with Crippen molar-refractivity contribution in [3.8, 4) is 17.2 Å². The Balaban J connectivity index is 1.62. The predicted molar refractivity (Wildman–Crippen MR) is 103 cm³/mol. The summed E-state index contributed by atoms with van der Waals surface area (Å²) in [5.74, 6) is -1.92. The average Bonchev–Trinajstić information content (AvgIpc) is 3.04. The van der Waals surface area contributed by atoms with Gasteiger partial charge in [0.25, 0.3) is 5.24 Å². The van der Waals surface area contributed by atoms with Crippen LogP contribution in [0.1, 0.15) is 33.8 Å². The Morgan fingerprint density at radius 1 is 1.19 bits per heavy atom. The number of thioether (sulfide) groups is 1. The number of carbonyl (C=O) groups is 3. The molecule has 1 saturated heterocycles. The molecule has 4 rings (SSSR count). The highest BCUT2D eigenvalue weighted by molar-refractivity contribution is 8.15. The Bertz CT molecular complexity index is 1090. The third-order valence-electron chi connectivity index (χ3n) is 4.92. The van der Waals surface area contributed by atoms with E-state index in [0.717, 1.165) is 23.9 Å². The fraction of sp³-hybridized carbons (Fsp3) is 0.250. The van der Waals surface area contributed by atoms with Gasteiger partial charge in [0.2, 0.25) is 5.91 Å². The number of hydrogen-bond acceptors (Lipinski definition) is 6. The lowest BCUT2D eigenvalue weighted by Crippen LogP contribution is -2.31. The lowest BCUT2D eigenvalue weighted by molar-refractivity contribution is -0.137. The molecule has 0 bridgehead atoms. The normalized spacial score (nSPS) is 20.6. The van der Waals surface area contributed by atoms with E-state index in [1.807, 2.05) is 0 Å². The Morgan fingerprint density at radius 3 is 2.61 bits per heavy atom. The first-order valence-corrected chi connectivity index (χ1v) is 9.92. The molecular weight excluding hydrogens is 439 g/mol. The molecule has 0 aliphatic carbocycles. The highest BCUT2D eigenvalue weighted by atomic mass is 32.2. The SMILES string of the molecule is O=C1NC(=O)C([C@@H]2CCOc3cc(Oc4ccc(C(F)(F)F)cc4C(=O)O)ccc32)S1. The Morgan fingerprint density at radius 2 is 1.97 bits per heavy atom. The van der Waals surface area contributed by atoms with E-state index >= 15 is 0 Å². The van der Waals surface area contributed by atoms with E-state index < -0.39 is 33.8 Å². The number of hydrogen-bond donors (Lipinski definition) is 2. The van der Waals surface area contributed by atoms with Crippen LogP contribution in [0.3, 0.4) is 0 Å². The van der Waals surface area contributed by atoms with Crippen molar-refractivity contribution in [2.45, 2.75) is 23.8 Å². The maximum atomic E-state index is 12.9. The molecule has 0 aromatic heterocycles. The van der Waals surface area contributed by atoms with Gasteiger partial charge in [-0.25, -0.2) is 4.79 Å². The van der Waals surface area contributed by atoms with Crippen LogP contribution in [0.5, 0.6) is 17.2 Å². The average molecular weight is 453 g/mol. The third kappa shape index (κ3) is 4.18. The molecule has 7 nitrogen and oxygen atoms in total. The van der Waals surface area contributed by atoms with Crippen LogP contribution in [-0.4, -0.2) is 34.1 Å². The number of benzene rings is 2. The van der Waals surface area contributed by atoms with Gasteiger partial charge in [0, 0.05) is 12.0 Å². The molecule has 2 amide bonds. The number of aromatic carboxylic acids is 1. The number of carbonyl (C=O) groups excluding carboxylic acids is 2. The van der Waals surface area contributed by atoms with Crippen molar-refractivity contribution < 1.29 is 42.1 Å². The van der Waals surface area contributed by atoms with Crippen molar-refractivity contribution in [2.75, 3.05) is 6.61 Å². The van der Waals surface area contributed by atoms with E-state index in [-0.39, 0.29) is 23.3 Å². The van der Waals surface area contributed by atoms with E-state index in [1.165, 1.54) is 12.1 Å². The molecule has 0 spiro atoms. The molecule has 2 aliphatic heterocycles. The van der Waals surface area contributed by atoms with Gasteiger partial charge in [-0.3, -0.25) is 14.9 Å². The second-order valence-electron chi connectivity index (χ2n) is 6.87. The molecule has 2 aromatic carbocycles. The molecule has 2 heterocycles. The summed E-state index contributed by atoms with van der Waals surface area (Å²) < 4.78 is 49.8. The standard InChI is InChI=1S/C20H14F3NO6S/c21-20(22,23)9-1-4-14(13(7-9)18(26)27)30-10-2-3-11-12(5-6-29-15(11)8-10)16-17(25)24-19(28)31-16/h1-4,7-8,12,16H,5-6H2,(H,26,27)(H,24,25,28)/t12-,16?/m1/s1. The number of carboxylic acids is 1. The largest absolute Gasteiger partial charge is 0.493 e. The van der Waals surface area contributed by atoms with Crippen LogP contribution in [0.2, 0.25) is 0 Å². The number of imide groups is 1. The van der Waals surface area contributed by atoms with E-state index in [9.17, 15) is 32.7 Å². The molecule has 2 aliphatic rings. The lowest BCUT2D eigenvalue weighted by Gasteiger charge is -2.28. The first kappa shape index (κ1) is 21.0. The summed E-state index contributed by atoms with van der Waals surface area (Å²) in [5, 5.41) is 10.5. The van der Waals surface area contributed by atoms with Crippen LogP contribution in [0.15, 0.2) is 36.4 Å². The van der Waals surface area contributed by atoms with E-state index in [2.05, 4.69) is 5.32 Å². The molecule has 2 aromatic rings. The topological polar surface area (TPSA) is 102 Å². The summed E-state index contributed by atoms with van der Waals surface area (Å²) in [7, 11) is 0. The third-order valence-corrected chi connectivity index (χ3v) is 6.03. The van der Waals surface area contributed by atoms with E-state index in [0.29, 0.717) is 30.4 Å². The van der Waals surface area contributed by atoms with Crippen LogP contribution in [0.4, 0.5) is 18.0 Å². The Hall–Kier alpha value is -3.21. The number of carboxylic acid groups (broad SMARTS) is 1. The molecule has 162 valence electrons. The zero-order valence-corrected chi connectivity index (χ0v) is 16.4. The minimum Gasteiger partial charge on any atom is -0.493 e. The summed E-state index contributed by atoms with van der Waals surface area (Å²) in [6.07, 6.45) is -4.17. The summed E-state index contributed by atoms with van der Waals surface area (Å²) in [4.78, 5) is 35.0. The number of alkyl halides is 3. The van der Waals surface area contributed by atoms with Gasteiger partial charge in [-0.1, -0.05) is 17.8 Å². The fourth-order valence-corrected chi connectivity index (χ4v) is 4.50. The molecule has 31 heavy (non-hydrogen) atoms. The first-order valence-electron chi connectivity index (χ1n) is 9.04. The second kappa shape index (κ2) is 7.80. The Kier molecular flexibility index (Phi) is 5.29. The molecule has 0 saturated carbocycles. The summed E-state index contributed by atoms with van der Waals surface area (Å²) >= 11 is 0.915. The minimum atomic E-state index is -4.69. The van der Waals surface area contributed by atoms with Crippen molar-refractivity contribution in [3.05, 3.63) is 53.1 Å². The molecule has 1 fully saturated rings. The number of nitrogens with one attached hydrogen (secondary N) is 1. The quantitative estimate of drug-likeness (QED) is 0.707. The summed E-state index contributed by atoms with van der Waals surface area (Å²) in [5.41, 5.74) is -1.05. The number of ether oxygens (including phenoxy) is 2. The van der Waals surface area contributed by atoms with Gasteiger partial charge in [0.1, 0.15) is 28.1 Å². The highest BCUT2D eigenvalue weighted by Gasteiger charge is 2.41. The van der Waals surface area contributed by atoms with Gasteiger partial charge in [-0.15, -0.1) is 0 Å². The maximum absolute atomic E-state index is 12.9. The predicted octanol–water partition coefficient (Wildman–Crippen LogP) is 4.41. The number of halogens is 3. The van der Waals surface area contributed by atoms with Gasteiger partial charge in [0.15, 0.2) is 0 Å². The van der Waals surface area contributed by atoms with Crippen molar-refractivity contribution in [1.82, 2.24) is 5.32 Å². The molecule has 11 heteroatoms. The monoisotopic (exact) mass is 453 g/mol. The molecule has 1 unspecified atom stereocenters. The minimum absolute atomic E-state index is 0.154. The van der Waals surface area contributed by atoms with Crippen molar-refractivity contribution in [3.63, 3.8) is 0 Å². The number of amides is 2. The lowest BCUT2D eigenvalue weighted by atomic mass is 9.89. The van der Waals surface area contributed by atoms with Gasteiger partial charge in [0.05, 0.1) is 12.2 Å².